The quantitative estimate of drug-likeness (QED) is 0.146. The molecule has 0 fully saturated rings. The van der Waals surface area contributed by atoms with Gasteiger partial charge in [-0.25, -0.2) is 0 Å². The number of fused-ring (bicyclic) bond motifs is 14. The summed E-state index contributed by atoms with van der Waals surface area (Å²) in [6.07, 6.45) is 1.33. The highest BCUT2D eigenvalue weighted by molar-refractivity contribution is 6.26. The SMILES string of the molecule is N#Cc1cc(C=N)cc(-n2c3ccc(N(c4ccccc4)c4ccccc4)cc3c3c4oc5ccccc5c4ccc32)c1-n1c2ccc(N(c3ccccc3)c3ccccc3)cc2c2c3oc4ccccc4c3ccc21. The number of nitrogens with one attached hydrogen (secondary N) is 1. The lowest BCUT2D eigenvalue weighted by Crippen LogP contribution is -2.10. The number of nitriles is 1. The van der Waals surface area contributed by atoms with Crippen LogP contribution in [-0.2, 0) is 0 Å². The molecule has 356 valence electrons. The molecule has 0 bridgehead atoms. The van der Waals surface area contributed by atoms with Gasteiger partial charge in [0, 0.05) is 72.7 Å². The molecule has 4 aromatic heterocycles. The average Bonchev–Trinajstić information content (AvgIpc) is 4.25. The van der Waals surface area contributed by atoms with Crippen LogP contribution in [0.3, 0.4) is 0 Å². The van der Waals surface area contributed by atoms with Gasteiger partial charge in [-0.15, -0.1) is 0 Å². The van der Waals surface area contributed by atoms with E-state index in [-0.39, 0.29) is 0 Å². The van der Waals surface area contributed by atoms with Gasteiger partial charge >= 0.3 is 0 Å². The van der Waals surface area contributed by atoms with Crippen molar-refractivity contribution in [3.8, 4) is 17.4 Å². The molecule has 0 aliphatic heterocycles. The maximum atomic E-state index is 11.5. The summed E-state index contributed by atoms with van der Waals surface area (Å²) in [6.45, 7) is 0. The third kappa shape index (κ3) is 6.46. The van der Waals surface area contributed by atoms with Gasteiger partial charge in [-0.2, -0.15) is 5.26 Å². The number of anilines is 6. The predicted molar refractivity (Wildman–Crippen MR) is 312 cm³/mol. The van der Waals surface area contributed by atoms with Gasteiger partial charge in [0.25, 0.3) is 0 Å². The second-order valence-corrected chi connectivity index (χ2v) is 19.1. The van der Waals surface area contributed by atoms with E-state index < -0.39 is 0 Å². The molecule has 0 unspecified atom stereocenters. The van der Waals surface area contributed by atoms with E-state index in [2.05, 4.69) is 195 Å². The summed E-state index contributed by atoms with van der Waals surface area (Å²) in [6, 6.07) is 86.4. The molecular formula is C68H42N6O2. The number of rotatable bonds is 9. The summed E-state index contributed by atoms with van der Waals surface area (Å²) in [7, 11) is 0. The van der Waals surface area contributed by atoms with Gasteiger partial charge < -0.3 is 33.2 Å². The third-order valence-electron chi connectivity index (χ3n) is 15.0. The van der Waals surface area contributed by atoms with E-state index in [1.54, 1.807) is 0 Å². The van der Waals surface area contributed by atoms with Gasteiger partial charge in [0.05, 0.1) is 49.8 Å². The van der Waals surface area contributed by atoms with Crippen molar-refractivity contribution in [3.63, 3.8) is 0 Å². The normalized spacial score (nSPS) is 11.7. The summed E-state index contributed by atoms with van der Waals surface area (Å²) in [5.41, 5.74) is 15.1. The van der Waals surface area contributed by atoms with Gasteiger partial charge in [0.15, 0.2) is 0 Å². The lowest BCUT2D eigenvalue weighted by Gasteiger charge is -2.26. The Morgan fingerprint density at radius 3 is 1.24 bits per heavy atom. The first-order valence-corrected chi connectivity index (χ1v) is 25.3. The van der Waals surface area contributed by atoms with E-state index in [1.165, 1.54) is 6.21 Å². The van der Waals surface area contributed by atoms with Gasteiger partial charge in [0.1, 0.15) is 28.4 Å². The van der Waals surface area contributed by atoms with Crippen LogP contribution in [0.1, 0.15) is 11.1 Å². The molecule has 11 aromatic carbocycles. The average molecular weight is 975 g/mol. The van der Waals surface area contributed by atoms with Gasteiger partial charge in [-0.1, -0.05) is 109 Å². The molecule has 8 nitrogen and oxygen atoms in total. The zero-order valence-electron chi connectivity index (χ0n) is 40.7. The van der Waals surface area contributed by atoms with Crippen molar-refractivity contribution in [2.24, 2.45) is 0 Å². The van der Waals surface area contributed by atoms with Crippen LogP contribution in [-0.4, -0.2) is 15.3 Å². The summed E-state index contributed by atoms with van der Waals surface area (Å²) in [4.78, 5) is 4.55. The summed E-state index contributed by atoms with van der Waals surface area (Å²) in [5.74, 6) is 0. The Kier molecular flexibility index (Phi) is 9.61. The summed E-state index contributed by atoms with van der Waals surface area (Å²) in [5, 5.41) is 28.1. The highest BCUT2D eigenvalue weighted by atomic mass is 16.3. The van der Waals surface area contributed by atoms with Gasteiger partial charge in [-0.05, 0) is 139 Å². The molecule has 8 heteroatoms. The molecule has 0 spiro atoms. The molecule has 0 atom stereocenters. The first-order valence-electron chi connectivity index (χ1n) is 25.3. The van der Waals surface area contributed by atoms with Crippen molar-refractivity contribution in [1.29, 1.82) is 10.7 Å². The fourth-order valence-corrected chi connectivity index (χ4v) is 11.7. The van der Waals surface area contributed by atoms with Crippen molar-refractivity contribution in [1.82, 2.24) is 9.13 Å². The maximum absolute atomic E-state index is 11.5. The molecule has 0 saturated heterocycles. The molecule has 0 amide bonds. The van der Waals surface area contributed by atoms with Crippen molar-refractivity contribution >= 4 is 128 Å². The molecule has 0 saturated carbocycles. The Bertz CT molecular complexity index is 4770. The number of furan rings is 2. The molecule has 76 heavy (non-hydrogen) atoms. The molecule has 15 rings (SSSR count). The van der Waals surface area contributed by atoms with E-state index in [4.69, 9.17) is 14.2 Å². The van der Waals surface area contributed by atoms with Gasteiger partial charge in [0.2, 0.25) is 0 Å². The highest BCUT2D eigenvalue weighted by Crippen LogP contribution is 2.48. The summed E-state index contributed by atoms with van der Waals surface area (Å²) < 4.78 is 18.3. The Labute approximate surface area is 435 Å². The number of hydrogen-bond donors (Lipinski definition) is 1. The number of aromatic nitrogens is 2. The van der Waals surface area contributed by atoms with E-state index >= 15 is 0 Å². The van der Waals surface area contributed by atoms with Crippen LogP contribution in [0, 0.1) is 16.7 Å². The number of benzene rings is 11. The standard InChI is InChI=1S/C68H42N6O2/c69-41-43-37-44(42-70)66(74-58-34-30-50(72(47-21-9-3-10-22-47)48-23-11-4-12-24-48)40-56(58)65-60(74)36-32-54-52-26-14-16-28-63(52)76-68(54)65)61(38-43)73-57-33-29-49(71(45-17-5-1-6-18-45)46-19-7-2-8-20-46)39-55(57)64-59(73)35-31-53-51-25-13-15-27-62(51)75-67(53)64/h1-41,69H. The first kappa shape index (κ1) is 43.0. The van der Waals surface area contributed by atoms with Crippen LogP contribution >= 0.6 is 0 Å². The molecule has 0 aliphatic rings. The zero-order chi connectivity index (χ0) is 50.4. The second-order valence-electron chi connectivity index (χ2n) is 19.1. The molecule has 4 heterocycles. The largest absolute Gasteiger partial charge is 0.455 e. The van der Waals surface area contributed by atoms with Crippen LogP contribution in [0.25, 0.3) is 98.9 Å². The fraction of sp³-hybridized carbons (Fsp3) is 0. The first-order chi connectivity index (χ1) is 37.6. The molecule has 1 N–H and O–H groups in total. The Morgan fingerprint density at radius 2 is 0.789 bits per heavy atom. The molecular weight excluding hydrogens is 933 g/mol. The zero-order valence-corrected chi connectivity index (χ0v) is 40.7. The maximum Gasteiger partial charge on any atom is 0.145 e. The smallest absolute Gasteiger partial charge is 0.145 e. The Hall–Kier alpha value is -10.6. The van der Waals surface area contributed by atoms with E-state index in [0.29, 0.717) is 16.8 Å². The Balaban J connectivity index is 1.07. The minimum atomic E-state index is 0.412. The monoisotopic (exact) mass is 974 g/mol. The lowest BCUT2D eigenvalue weighted by molar-refractivity contribution is 0.672. The lowest BCUT2D eigenvalue weighted by atomic mass is 10.1. The number of hydrogen-bond acceptors (Lipinski definition) is 6. The fourth-order valence-electron chi connectivity index (χ4n) is 11.7. The van der Waals surface area contributed by atoms with Crippen molar-refractivity contribution in [2.75, 3.05) is 9.80 Å². The van der Waals surface area contributed by atoms with Crippen molar-refractivity contribution < 1.29 is 8.83 Å². The molecule has 15 aromatic rings. The van der Waals surface area contributed by atoms with E-state index in [9.17, 15) is 5.26 Å². The third-order valence-corrected chi connectivity index (χ3v) is 15.0. The Morgan fingerprint density at radius 1 is 0.382 bits per heavy atom. The topological polar surface area (TPSA) is 90.3 Å². The minimum absolute atomic E-state index is 0.412. The van der Waals surface area contributed by atoms with Gasteiger partial charge in [-0.3, -0.25) is 0 Å². The predicted octanol–water partition coefficient (Wildman–Crippen LogP) is 18.5. The number of nitrogens with zero attached hydrogens (tertiary/aromatic N) is 5. The minimum Gasteiger partial charge on any atom is -0.455 e. The highest BCUT2D eigenvalue weighted by Gasteiger charge is 2.28. The van der Waals surface area contributed by atoms with Crippen molar-refractivity contribution in [3.05, 3.63) is 254 Å². The van der Waals surface area contributed by atoms with E-state index in [1.807, 2.05) is 72.8 Å². The second kappa shape index (κ2) is 17.0. The molecule has 0 radical (unpaired) electrons. The number of para-hydroxylation sites is 6. The van der Waals surface area contributed by atoms with E-state index in [0.717, 1.165) is 127 Å². The van der Waals surface area contributed by atoms with Crippen LogP contribution in [0.4, 0.5) is 34.1 Å². The van der Waals surface area contributed by atoms with Crippen LogP contribution in [0.15, 0.2) is 251 Å². The van der Waals surface area contributed by atoms with Crippen molar-refractivity contribution in [2.45, 2.75) is 0 Å². The van der Waals surface area contributed by atoms with Crippen LogP contribution in [0.5, 0.6) is 0 Å². The van der Waals surface area contributed by atoms with Crippen LogP contribution < -0.4 is 9.80 Å². The van der Waals surface area contributed by atoms with Crippen LogP contribution in [0.2, 0.25) is 0 Å². The molecule has 0 aliphatic carbocycles. The summed E-state index contributed by atoms with van der Waals surface area (Å²) >= 11 is 0.